The molecule has 13 aromatic rings. The van der Waals surface area contributed by atoms with Gasteiger partial charge in [-0.1, -0.05) is 146 Å². The number of nitrogens with zero attached hydrogens (tertiary/aromatic N) is 3. The van der Waals surface area contributed by atoms with E-state index < -0.39 is 0 Å². The molecule has 0 N–H and O–H groups in total. The van der Waals surface area contributed by atoms with E-state index in [2.05, 4.69) is 168 Å². The summed E-state index contributed by atoms with van der Waals surface area (Å²) >= 11 is 1.89. The van der Waals surface area contributed by atoms with E-state index in [0.717, 1.165) is 49.9 Å². The van der Waals surface area contributed by atoms with Crippen LogP contribution in [0.15, 0.2) is 180 Å². The number of hydrogen-bond acceptors (Lipinski definition) is 4. The normalized spacial score (nSPS) is 12.2. The van der Waals surface area contributed by atoms with Crippen LogP contribution in [0.1, 0.15) is 0 Å². The van der Waals surface area contributed by atoms with Gasteiger partial charge in [-0.25, -0.2) is 9.97 Å². The number of hydrogen-bond donors (Lipinski definition) is 0. The Morgan fingerprint density at radius 1 is 0.439 bits per heavy atom. The molecule has 0 bridgehead atoms. The van der Waals surface area contributed by atoms with Crippen molar-refractivity contribution < 1.29 is 4.42 Å². The van der Waals surface area contributed by atoms with Gasteiger partial charge in [0.15, 0.2) is 5.58 Å². The molecule has 4 nitrogen and oxygen atoms in total. The quantitative estimate of drug-likeness (QED) is 0.169. The Labute approximate surface area is 329 Å². The zero-order valence-corrected chi connectivity index (χ0v) is 31.2. The molecular formula is C52H29N3OS. The molecular weight excluding hydrogens is 715 g/mol. The summed E-state index contributed by atoms with van der Waals surface area (Å²) in [5, 5.41) is 13.3. The standard InChI is InChI=1S/C52H29N3OS/c1-2-15-30(16-3-1)31-17-14-18-32(29-31)47-50-48(38-24-9-12-27-41(38)56-50)54-52(53-47)55-40-26-11-8-23-37(40)43-33-19-4-5-20-34(33)44-45(49(43)55)35-21-6-7-22-36(35)51-46(44)39-25-10-13-28-42(39)57-51/h1-29H. The summed E-state index contributed by atoms with van der Waals surface area (Å²) in [6.45, 7) is 0. The molecule has 13 rings (SSSR count). The third-order valence-electron chi connectivity index (χ3n) is 11.8. The monoisotopic (exact) mass is 743 g/mol. The number of rotatable bonds is 3. The fraction of sp³-hybridized carbons (Fsp3) is 0. The van der Waals surface area contributed by atoms with Gasteiger partial charge in [0.05, 0.1) is 11.0 Å². The van der Waals surface area contributed by atoms with Crippen molar-refractivity contribution in [3.05, 3.63) is 176 Å². The lowest BCUT2D eigenvalue weighted by Gasteiger charge is -2.16. The Morgan fingerprint density at radius 2 is 1.05 bits per heavy atom. The van der Waals surface area contributed by atoms with E-state index in [0.29, 0.717) is 11.5 Å². The first-order chi connectivity index (χ1) is 28.3. The summed E-state index contributed by atoms with van der Waals surface area (Å²) in [5.41, 5.74) is 8.42. The second-order valence-corrected chi connectivity index (χ2v) is 15.9. The second kappa shape index (κ2) is 11.6. The van der Waals surface area contributed by atoms with Gasteiger partial charge in [0.25, 0.3) is 0 Å². The summed E-state index contributed by atoms with van der Waals surface area (Å²) in [4.78, 5) is 11.1. The van der Waals surface area contributed by atoms with Crippen molar-refractivity contribution in [3.8, 4) is 28.3 Å². The molecule has 0 saturated carbocycles. The number of benzene rings is 9. The lowest BCUT2D eigenvalue weighted by molar-refractivity contribution is 0.666. The molecule has 9 aromatic carbocycles. The minimum atomic E-state index is 0.608. The van der Waals surface area contributed by atoms with E-state index in [1.54, 1.807) is 0 Å². The summed E-state index contributed by atoms with van der Waals surface area (Å²) in [5.74, 6) is 0.608. The molecule has 5 heteroatoms. The Hall–Kier alpha value is -7.34. The van der Waals surface area contributed by atoms with Crippen molar-refractivity contribution in [2.24, 2.45) is 0 Å². The Morgan fingerprint density at radius 3 is 1.88 bits per heavy atom. The first-order valence-electron chi connectivity index (χ1n) is 19.3. The van der Waals surface area contributed by atoms with Gasteiger partial charge in [-0.05, 0) is 57.6 Å². The van der Waals surface area contributed by atoms with Crippen molar-refractivity contribution in [2.75, 3.05) is 0 Å². The van der Waals surface area contributed by atoms with Crippen LogP contribution in [0.25, 0.3) is 125 Å². The van der Waals surface area contributed by atoms with Crippen LogP contribution in [-0.2, 0) is 0 Å². The highest BCUT2D eigenvalue weighted by Crippen LogP contribution is 2.51. The molecule has 0 unspecified atom stereocenters. The molecule has 4 aromatic heterocycles. The van der Waals surface area contributed by atoms with Gasteiger partial charge in [0.1, 0.15) is 16.8 Å². The molecule has 0 atom stereocenters. The van der Waals surface area contributed by atoms with Crippen LogP contribution >= 0.6 is 11.3 Å². The number of aromatic nitrogens is 3. The molecule has 0 aliphatic heterocycles. The summed E-state index contributed by atoms with van der Waals surface area (Å²) in [6, 6.07) is 62.8. The Bertz CT molecular complexity index is 3820. The fourth-order valence-corrected chi connectivity index (χ4v) is 10.6. The Balaban J connectivity index is 1.26. The van der Waals surface area contributed by atoms with Crippen LogP contribution in [0.2, 0.25) is 0 Å². The van der Waals surface area contributed by atoms with E-state index >= 15 is 0 Å². The number of para-hydroxylation sites is 2. The van der Waals surface area contributed by atoms with E-state index in [1.165, 1.54) is 63.3 Å². The van der Waals surface area contributed by atoms with E-state index in [-0.39, 0.29) is 0 Å². The minimum Gasteiger partial charge on any atom is -0.452 e. The highest BCUT2D eigenvalue weighted by molar-refractivity contribution is 7.27. The number of fused-ring (bicyclic) bond motifs is 18. The zero-order valence-electron chi connectivity index (χ0n) is 30.4. The van der Waals surface area contributed by atoms with E-state index in [4.69, 9.17) is 14.4 Å². The van der Waals surface area contributed by atoms with Crippen molar-refractivity contribution >= 4 is 108 Å². The molecule has 57 heavy (non-hydrogen) atoms. The maximum atomic E-state index is 6.66. The number of thiophene rings is 1. The zero-order chi connectivity index (χ0) is 37.2. The van der Waals surface area contributed by atoms with Crippen LogP contribution in [0.4, 0.5) is 0 Å². The molecule has 0 amide bonds. The van der Waals surface area contributed by atoms with Crippen molar-refractivity contribution in [2.45, 2.75) is 0 Å². The summed E-state index contributed by atoms with van der Waals surface area (Å²) in [7, 11) is 0. The first-order valence-corrected chi connectivity index (χ1v) is 20.1. The molecule has 264 valence electrons. The average Bonchev–Trinajstić information content (AvgIpc) is 3.97. The lowest BCUT2D eigenvalue weighted by Crippen LogP contribution is -2.03. The average molecular weight is 744 g/mol. The van der Waals surface area contributed by atoms with Crippen molar-refractivity contribution in [1.82, 2.24) is 14.5 Å². The first kappa shape index (κ1) is 30.9. The molecule has 0 radical (unpaired) electrons. The van der Waals surface area contributed by atoms with Gasteiger partial charge < -0.3 is 4.42 Å². The molecule has 0 aliphatic rings. The highest BCUT2D eigenvalue weighted by atomic mass is 32.1. The van der Waals surface area contributed by atoms with Crippen LogP contribution in [-0.4, -0.2) is 14.5 Å². The predicted octanol–water partition coefficient (Wildman–Crippen LogP) is 14.6. The fourth-order valence-electron chi connectivity index (χ4n) is 9.39. The molecule has 0 spiro atoms. The molecule has 0 saturated heterocycles. The third-order valence-corrected chi connectivity index (χ3v) is 13.0. The van der Waals surface area contributed by atoms with Gasteiger partial charge in [-0.2, -0.15) is 0 Å². The smallest absolute Gasteiger partial charge is 0.236 e. The van der Waals surface area contributed by atoms with Crippen LogP contribution in [0.3, 0.4) is 0 Å². The lowest BCUT2D eigenvalue weighted by atomic mass is 9.90. The SMILES string of the molecule is c1ccc(-c2cccc(-c3nc(-n4c5ccccc5c5c6ccccc6c6c7c8ccccc8sc7c7ccccc7c6c54)nc4c3oc3ccccc34)c2)cc1. The van der Waals surface area contributed by atoms with Crippen molar-refractivity contribution in [1.29, 1.82) is 0 Å². The molecule has 4 heterocycles. The molecule has 0 fully saturated rings. The Kier molecular flexibility index (Phi) is 6.29. The maximum Gasteiger partial charge on any atom is 0.236 e. The largest absolute Gasteiger partial charge is 0.452 e. The van der Waals surface area contributed by atoms with Crippen molar-refractivity contribution in [3.63, 3.8) is 0 Å². The minimum absolute atomic E-state index is 0.608. The number of furan rings is 1. The second-order valence-electron chi connectivity index (χ2n) is 14.8. The van der Waals surface area contributed by atoms with E-state index in [1.807, 2.05) is 23.5 Å². The van der Waals surface area contributed by atoms with Gasteiger partial charge in [0.2, 0.25) is 5.95 Å². The molecule has 0 aliphatic carbocycles. The topological polar surface area (TPSA) is 43.9 Å². The van der Waals surface area contributed by atoms with Gasteiger partial charge in [-0.15, -0.1) is 11.3 Å². The van der Waals surface area contributed by atoms with Crippen LogP contribution in [0, 0.1) is 0 Å². The van der Waals surface area contributed by atoms with Crippen LogP contribution in [0.5, 0.6) is 0 Å². The van der Waals surface area contributed by atoms with Gasteiger partial charge >= 0.3 is 0 Å². The van der Waals surface area contributed by atoms with E-state index in [9.17, 15) is 0 Å². The summed E-state index contributed by atoms with van der Waals surface area (Å²) in [6.07, 6.45) is 0. The van der Waals surface area contributed by atoms with Gasteiger partial charge in [0, 0.05) is 58.1 Å². The third kappa shape index (κ3) is 4.26. The predicted molar refractivity (Wildman–Crippen MR) is 240 cm³/mol. The maximum absolute atomic E-state index is 6.66. The summed E-state index contributed by atoms with van der Waals surface area (Å²) < 4.78 is 11.6. The highest BCUT2D eigenvalue weighted by Gasteiger charge is 2.26. The van der Waals surface area contributed by atoms with Crippen LogP contribution < -0.4 is 0 Å². The van der Waals surface area contributed by atoms with Gasteiger partial charge in [-0.3, -0.25) is 4.57 Å².